The van der Waals surface area contributed by atoms with E-state index >= 15 is 0 Å². The van der Waals surface area contributed by atoms with Crippen molar-refractivity contribution in [3.05, 3.63) is 52.0 Å². The predicted octanol–water partition coefficient (Wildman–Crippen LogP) is 4.06. The third-order valence-corrected chi connectivity index (χ3v) is 3.16. The minimum Gasteiger partial charge on any atom is -0.508 e. The topological polar surface area (TPSA) is 57.5 Å². The maximum atomic E-state index is 10.9. The van der Waals surface area contributed by atoms with Gasteiger partial charge in [-0.3, -0.25) is 0 Å². The highest BCUT2D eigenvalue weighted by molar-refractivity contribution is 6.42. The first-order chi connectivity index (χ1) is 8.47. The molecule has 0 saturated heterocycles. The molecule has 3 nitrogen and oxygen atoms in total. The van der Waals surface area contributed by atoms with Gasteiger partial charge in [0.1, 0.15) is 5.75 Å². The summed E-state index contributed by atoms with van der Waals surface area (Å²) in [6.07, 6.45) is 0. The first-order valence-electron chi connectivity index (χ1n) is 5.00. The molecular formula is C13H8Cl2O3. The van der Waals surface area contributed by atoms with Crippen LogP contribution in [-0.2, 0) is 0 Å². The number of hydrogen-bond acceptors (Lipinski definition) is 2. The summed E-state index contributed by atoms with van der Waals surface area (Å²) in [4.78, 5) is 10.9. The van der Waals surface area contributed by atoms with Crippen LogP contribution in [0, 0.1) is 0 Å². The van der Waals surface area contributed by atoms with Gasteiger partial charge < -0.3 is 10.2 Å². The van der Waals surface area contributed by atoms with E-state index < -0.39 is 5.97 Å². The fourth-order valence-corrected chi connectivity index (χ4v) is 1.88. The molecule has 0 fully saturated rings. The molecule has 0 aliphatic rings. The summed E-state index contributed by atoms with van der Waals surface area (Å²) in [5, 5.41) is 19.2. The molecule has 0 amide bonds. The molecule has 2 N–H and O–H groups in total. The third-order valence-electron chi connectivity index (χ3n) is 2.42. The monoisotopic (exact) mass is 282 g/mol. The van der Waals surface area contributed by atoms with E-state index in [0.717, 1.165) is 0 Å². The van der Waals surface area contributed by atoms with Gasteiger partial charge in [0.2, 0.25) is 0 Å². The Labute approximate surface area is 113 Å². The van der Waals surface area contributed by atoms with Gasteiger partial charge in [-0.1, -0.05) is 29.3 Å². The Hall–Kier alpha value is -1.71. The Morgan fingerprint density at radius 1 is 0.944 bits per heavy atom. The van der Waals surface area contributed by atoms with E-state index in [9.17, 15) is 9.90 Å². The number of benzene rings is 2. The van der Waals surface area contributed by atoms with Crippen molar-refractivity contribution in [1.29, 1.82) is 0 Å². The number of rotatable bonds is 2. The van der Waals surface area contributed by atoms with E-state index in [4.69, 9.17) is 28.3 Å². The number of carbonyl (C=O) groups is 1. The second-order valence-corrected chi connectivity index (χ2v) is 4.52. The highest BCUT2D eigenvalue weighted by Gasteiger charge is 2.09. The van der Waals surface area contributed by atoms with E-state index in [-0.39, 0.29) is 11.3 Å². The fourth-order valence-electron chi connectivity index (χ4n) is 1.58. The molecule has 0 radical (unpaired) electrons. The maximum absolute atomic E-state index is 10.9. The summed E-state index contributed by atoms with van der Waals surface area (Å²) >= 11 is 11.7. The average Bonchev–Trinajstić information content (AvgIpc) is 2.31. The second-order valence-electron chi connectivity index (χ2n) is 3.70. The standard InChI is InChI=1S/C13H8Cl2O3/c14-11-2-1-7(6-12(11)15)8-3-9(13(17)18)5-10(16)4-8/h1-6,16H,(H,17,18). The first-order valence-corrected chi connectivity index (χ1v) is 5.76. The minimum absolute atomic E-state index is 0.0103. The SMILES string of the molecule is O=C(O)c1cc(O)cc(-c2ccc(Cl)c(Cl)c2)c1. The van der Waals surface area contributed by atoms with Crippen LogP contribution in [0.1, 0.15) is 10.4 Å². The van der Waals surface area contributed by atoms with Gasteiger partial charge in [-0.2, -0.15) is 0 Å². The highest BCUT2D eigenvalue weighted by Crippen LogP contribution is 2.30. The van der Waals surface area contributed by atoms with Crippen molar-refractivity contribution >= 4 is 29.2 Å². The molecule has 0 spiro atoms. The van der Waals surface area contributed by atoms with Crippen LogP contribution in [0.3, 0.4) is 0 Å². The molecule has 0 aromatic heterocycles. The van der Waals surface area contributed by atoms with E-state index in [1.165, 1.54) is 18.2 Å². The molecule has 18 heavy (non-hydrogen) atoms. The lowest BCUT2D eigenvalue weighted by molar-refractivity contribution is 0.0696. The van der Waals surface area contributed by atoms with Crippen LogP contribution in [0.15, 0.2) is 36.4 Å². The lowest BCUT2D eigenvalue weighted by Crippen LogP contribution is -1.96. The number of hydrogen-bond donors (Lipinski definition) is 2. The van der Waals surface area contributed by atoms with Gasteiger partial charge in [0.15, 0.2) is 0 Å². The van der Waals surface area contributed by atoms with Crippen LogP contribution in [-0.4, -0.2) is 16.2 Å². The molecule has 0 aliphatic heterocycles. The first kappa shape index (κ1) is 12.7. The van der Waals surface area contributed by atoms with Crippen LogP contribution in [0.2, 0.25) is 10.0 Å². The molecule has 5 heteroatoms. The summed E-state index contributed by atoms with van der Waals surface area (Å²) in [6.45, 7) is 0. The lowest BCUT2D eigenvalue weighted by atomic mass is 10.0. The summed E-state index contributed by atoms with van der Waals surface area (Å²) < 4.78 is 0. The normalized spacial score (nSPS) is 10.3. The zero-order valence-electron chi connectivity index (χ0n) is 9.02. The second kappa shape index (κ2) is 4.88. The van der Waals surface area contributed by atoms with Crippen molar-refractivity contribution in [1.82, 2.24) is 0 Å². The number of aromatic carboxylic acids is 1. The Balaban J connectivity index is 2.56. The molecular weight excluding hydrogens is 275 g/mol. The van der Waals surface area contributed by atoms with Gasteiger partial charge in [0, 0.05) is 0 Å². The van der Waals surface area contributed by atoms with E-state index in [1.807, 2.05) is 0 Å². The zero-order chi connectivity index (χ0) is 13.3. The Bertz CT molecular complexity index is 624. The molecule has 2 rings (SSSR count). The molecule has 0 aliphatic carbocycles. The molecule has 2 aromatic rings. The summed E-state index contributed by atoms with van der Waals surface area (Å²) in [5.41, 5.74) is 1.25. The molecule has 2 aromatic carbocycles. The van der Waals surface area contributed by atoms with Crippen LogP contribution < -0.4 is 0 Å². The quantitative estimate of drug-likeness (QED) is 0.873. The number of aromatic hydroxyl groups is 1. The Morgan fingerprint density at radius 2 is 1.67 bits per heavy atom. The van der Waals surface area contributed by atoms with E-state index in [0.29, 0.717) is 21.2 Å². The fraction of sp³-hybridized carbons (Fsp3) is 0. The Morgan fingerprint density at radius 3 is 2.28 bits per heavy atom. The molecule has 0 heterocycles. The van der Waals surface area contributed by atoms with Crippen LogP contribution in [0.4, 0.5) is 0 Å². The van der Waals surface area contributed by atoms with Crippen molar-refractivity contribution in [2.24, 2.45) is 0 Å². The van der Waals surface area contributed by atoms with Gasteiger partial charge in [-0.25, -0.2) is 4.79 Å². The van der Waals surface area contributed by atoms with E-state index in [2.05, 4.69) is 0 Å². The van der Waals surface area contributed by atoms with Crippen LogP contribution in [0.25, 0.3) is 11.1 Å². The van der Waals surface area contributed by atoms with Crippen molar-refractivity contribution in [3.63, 3.8) is 0 Å². The number of phenols is 1. The number of halogens is 2. The highest BCUT2D eigenvalue weighted by atomic mass is 35.5. The summed E-state index contributed by atoms with van der Waals surface area (Å²) in [5.74, 6) is -1.22. The van der Waals surface area contributed by atoms with Gasteiger partial charge in [0.25, 0.3) is 0 Å². The van der Waals surface area contributed by atoms with Gasteiger partial charge in [0.05, 0.1) is 15.6 Å². The van der Waals surface area contributed by atoms with Gasteiger partial charge in [-0.05, 0) is 41.5 Å². The summed E-state index contributed by atoms with van der Waals surface area (Å²) in [7, 11) is 0. The van der Waals surface area contributed by atoms with Crippen molar-refractivity contribution in [3.8, 4) is 16.9 Å². The molecule has 0 saturated carbocycles. The number of phenolic OH excluding ortho intramolecular Hbond substituents is 1. The number of carboxylic acid groups (broad SMARTS) is 1. The van der Waals surface area contributed by atoms with Gasteiger partial charge >= 0.3 is 5.97 Å². The van der Waals surface area contributed by atoms with E-state index in [1.54, 1.807) is 18.2 Å². The zero-order valence-corrected chi connectivity index (χ0v) is 10.5. The van der Waals surface area contributed by atoms with Crippen LogP contribution in [0.5, 0.6) is 5.75 Å². The maximum Gasteiger partial charge on any atom is 0.335 e. The smallest absolute Gasteiger partial charge is 0.335 e. The Kier molecular flexibility index (Phi) is 3.45. The lowest BCUT2D eigenvalue weighted by Gasteiger charge is -2.06. The van der Waals surface area contributed by atoms with Crippen molar-refractivity contribution < 1.29 is 15.0 Å². The minimum atomic E-state index is -1.10. The number of carboxylic acids is 1. The van der Waals surface area contributed by atoms with Gasteiger partial charge in [-0.15, -0.1) is 0 Å². The predicted molar refractivity (Wildman–Crippen MR) is 70.5 cm³/mol. The molecule has 0 unspecified atom stereocenters. The van der Waals surface area contributed by atoms with Crippen LogP contribution >= 0.6 is 23.2 Å². The largest absolute Gasteiger partial charge is 0.508 e. The molecule has 0 bridgehead atoms. The average molecular weight is 283 g/mol. The van der Waals surface area contributed by atoms with Crippen molar-refractivity contribution in [2.45, 2.75) is 0 Å². The van der Waals surface area contributed by atoms with Crippen molar-refractivity contribution in [2.75, 3.05) is 0 Å². The molecule has 0 atom stereocenters. The summed E-state index contributed by atoms with van der Waals surface area (Å²) in [6, 6.07) is 9.04. The third kappa shape index (κ3) is 2.58. The molecule has 92 valence electrons.